The van der Waals surface area contributed by atoms with E-state index in [4.69, 9.17) is 0 Å². The highest BCUT2D eigenvalue weighted by molar-refractivity contribution is 7.98. The Labute approximate surface area is 176 Å². The quantitative estimate of drug-likeness (QED) is 0.667. The van der Waals surface area contributed by atoms with Crippen molar-refractivity contribution >= 4 is 47.4 Å². The summed E-state index contributed by atoms with van der Waals surface area (Å²) in [7, 11) is 0. The minimum absolute atomic E-state index is 0. The topological polar surface area (TPSA) is 61.4 Å². The molecule has 1 unspecified atom stereocenters. The van der Waals surface area contributed by atoms with Crippen LogP contribution < -0.4 is 15.5 Å². The van der Waals surface area contributed by atoms with Crippen molar-refractivity contribution in [2.75, 3.05) is 29.6 Å². The molecule has 1 fully saturated rings. The fourth-order valence-corrected chi connectivity index (χ4v) is 3.59. The van der Waals surface area contributed by atoms with E-state index in [1.165, 1.54) is 0 Å². The lowest BCUT2D eigenvalue weighted by molar-refractivity contribution is -0.122. The normalized spacial score (nSPS) is 16.0. The number of halogens is 1. The standard InChI is InChI=1S/C21H25N3O2S.ClH/c1-3-22-13-15-6-4-5-7-19(15)23-21(26)16-12-20(25)24(14-16)17-8-10-18(27-2)11-9-17;/h4-11,16,22H,3,12-14H2,1-2H3,(H,23,26);1H. The van der Waals surface area contributed by atoms with E-state index in [-0.39, 0.29) is 36.6 Å². The van der Waals surface area contributed by atoms with Crippen LogP contribution in [0.3, 0.4) is 0 Å². The number of nitrogens with zero attached hydrogens (tertiary/aromatic N) is 1. The second-order valence-electron chi connectivity index (χ2n) is 6.53. The lowest BCUT2D eigenvalue weighted by Crippen LogP contribution is -2.28. The third-order valence-corrected chi connectivity index (χ3v) is 5.46. The first kappa shape index (κ1) is 22.3. The van der Waals surface area contributed by atoms with E-state index >= 15 is 0 Å². The van der Waals surface area contributed by atoms with Crippen molar-refractivity contribution in [1.29, 1.82) is 0 Å². The van der Waals surface area contributed by atoms with Crippen LogP contribution in [0, 0.1) is 5.92 Å². The van der Waals surface area contributed by atoms with Crippen molar-refractivity contribution in [2.24, 2.45) is 5.92 Å². The van der Waals surface area contributed by atoms with Crippen molar-refractivity contribution < 1.29 is 9.59 Å². The van der Waals surface area contributed by atoms with Gasteiger partial charge in [0.2, 0.25) is 11.8 Å². The smallest absolute Gasteiger partial charge is 0.229 e. The molecule has 2 aromatic rings. The number of hydrogen-bond acceptors (Lipinski definition) is 4. The van der Waals surface area contributed by atoms with Crippen LogP contribution in [0.5, 0.6) is 0 Å². The third-order valence-electron chi connectivity index (χ3n) is 4.72. The number of benzene rings is 2. The van der Waals surface area contributed by atoms with Crippen molar-refractivity contribution in [3.63, 3.8) is 0 Å². The molecule has 1 aliphatic heterocycles. The first-order chi connectivity index (χ1) is 13.1. The maximum absolute atomic E-state index is 12.7. The van der Waals surface area contributed by atoms with Crippen LogP contribution in [0.15, 0.2) is 53.4 Å². The summed E-state index contributed by atoms with van der Waals surface area (Å²) in [5.41, 5.74) is 2.70. The van der Waals surface area contributed by atoms with Gasteiger partial charge < -0.3 is 15.5 Å². The average Bonchev–Trinajstić information content (AvgIpc) is 3.09. The Morgan fingerprint density at radius 3 is 2.57 bits per heavy atom. The molecule has 1 atom stereocenters. The number of para-hydroxylation sites is 1. The SMILES string of the molecule is CCNCc1ccccc1NC(=O)C1CC(=O)N(c2ccc(SC)cc2)C1.Cl. The van der Waals surface area contributed by atoms with Crippen LogP contribution in [0.2, 0.25) is 0 Å². The van der Waals surface area contributed by atoms with Crippen molar-refractivity contribution in [3.8, 4) is 0 Å². The largest absolute Gasteiger partial charge is 0.325 e. The highest BCUT2D eigenvalue weighted by Gasteiger charge is 2.35. The van der Waals surface area contributed by atoms with Crippen LogP contribution in [0.25, 0.3) is 0 Å². The van der Waals surface area contributed by atoms with Crippen LogP contribution in [-0.2, 0) is 16.1 Å². The number of carbonyl (C=O) groups excluding carboxylic acids is 2. The summed E-state index contributed by atoms with van der Waals surface area (Å²) in [4.78, 5) is 28.0. The van der Waals surface area contributed by atoms with Crippen LogP contribution in [0.4, 0.5) is 11.4 Å². The van der Waals surface area contributed by atoms with Crippen LogP contribution in [-0.4, -0.2) is 31.2 Å². The van der Waals surface area contributed by atoms with Gasteiger partial charge in [-0.1, -0.05) is 25.1 Å². The predicted octanol–water partition coefficient (Wildman–Crippen LogP) is 3.93. The molecule has 0 bridgehead atoms. The number of nitrogens with one attached hydrogen (secondary N) is 2. The molecule has 0 aromatic heterocycles. The summed E-state index contributed by atoms with van der Waals surface area (Å²) >= 11 is 1.66. The molecule has 1 saturated heterocycles. The first-order valence-electron chi connectivity index (χ1n) is 9.16. The molecule has 2 amide bonds. The Bertz CT molecular complexity index is 814. The number of hydrogen-bond donors (Lipinski definition) is 2. The fraction of sp³-hybridized carbons (Fsp3) is 0.333. The van der Waals surface area contributed by atoms with Gasteiger partial charge in [-0.2, -0.15) is 0 Å². The molecule has 1 heterocycles. The van der Waals surface area contributed by atoms with E-state index in [9.17, 15) is 9.59 Å². The van der Waals surface area contributed by atoms with E-state index in [1.54, 1.807) is 16.7 Å². The lowest BCUT2D eigenvalue weighted by Gasteiger charge is -2.17. The van der Waals surface area contributed by atoms with Crippen molar-refractivity contribution in [2.45, 2.75) is 24.8 Å². The van der Waals surface area contributed by atoms with Gasteiger partial charge in [0.25, 0.3) is 0 Å². The highest BCUT2D eigenvalue weighted by Crippen LogP contribution is 2.28. The summed E-state index contributed by atoms with van der Waals surface area (Å²) in [5, 5.41) is 6.29. The Hall–Kier alpha value is -2.02. The summed E-state index contributed by atoms with van der Waals surface area (Å²) in [6.07, 6.45) is 2.26. The van der Waals surface area contributed by atoms with E-state index in [2.05, 4.69) is 10.6 Å². The molecule has 1 aliphatic rings. The Morgan fingerprint density at radius 1 is 1.18 bits per heavy atom. The van der Waals surface area contributed by atoms with Gasteiger partial charge in [0.1, 0.15) is 0 Å². The van der Waals surface area contributed by atoms with Crippen LogP contribution in [0.1, 0.15) is 18.9 Å². The van der Waals surface area contributed by atoms with E-state index < -0.39 is 0 Å². The zero-order chi connectivity index (χ0) is 19.2. The van der Waals surface area contributed by atoms with Gasteiger partial charge in [0.15, 0.2) is 0 Å². The lowest BCUT2D eigenvalue weighted by atomic mass is 10.1. The zero-order valence-corrected chi connectivity index (χ0v) is 17.7. The first-order valence-corrected chi connectivity index (χ1v) is 10.4. The minimum atomic E-state index is -0.343. The number of amides is 2. The molecule has 0 saturated carbocycles. The van der Waals surface area contributed by atoms with E-state index in [1.807, 2.05) is 61.7 Å². The molecular weight excluding hydrogens is 394 g/mol. The molecule has 2 aromatic carbocycles. The van der Waals surface area contributed by atoms with Gasteiger partial charge in [0, 0.05) is 35.8 Å². The molecule has 7 heteroatoms. The van der Waals surface area contributed by atoms with E-state index in [0.717, 1.165) is 28.4 Å². The minimum Gasteiger partial charge on any atom is -0.325 e. The van der Waals surface area contributed by atoms with Gasteiger partial charge in [-0.15, -0.1) is 24.2 Å². The maximum Gasteiger partial charge on any atom is 0.229 e. The maximum atomic E-state index is 12.7. The van der Waals surface area contributed by atoms with Crippen molar-refractivity contribution in [3.05, 3.63) is 54.1 Å². The van der Waals surface area contributed by atoms with Gasteiger partial charge in [-0.3, -0.25) is 9.59 Å². The number of thioether (sulfide) groups is 1. The summed E-state index contributed by atoms with van der Waals surface area (Å²) in [6, 6.07) is 15.6. The monoisotopic (exact) mass is 419 g/mol. The Kier molecular flexibility index (Phi) is 8.35. The summed E-state index contributed by atoms with van der Waals surface area (Å²) < 4.78 is 0. The third kappa shape index (κ3) is 5.28. The van der Waals surface area contributed by atoms with E-state index in [0.29, 0.717) is 13.1 Å². The molecule has 0 radical (unpaired) electrons. The fourth-order valence-electron chi connectivity index (χ4n) is 3.19. The molecule has 0 aliphatic carbocycles. The Morgan fingerprint density at radius 2 is 1.89 bits per heavy atom. The van der Waals surface area contributed by atoms with Crippen LogP contribution >= 0.6 is 24.2 Å². The average molecular weight is 420 g/mol. The molecular formula is C21H26ClN3O2S. The number of carbonyl (C=O) groups is 2. The highest BCUT2D eigenvalue weighted by atomic mass is 35.5. The molecule has 3 rings (SSSR count). The molecule has 5 nitrogen and oxygen atoms in total. The van der Waals surface area contributed by atoms with Gasteiger partial charge in [-0.25, -0.2) is 0 Å². The second kappa shape index (κ2) is 10.5. The second-order valence-corrected chi connectivity index (χ2v) is 7.41. The molecule has 150 valence electrons. The molecule has 2 N–H and O–H groups in total. The summed E-state index contributed by atoms with van der Waals surface area (Å²) in [6.45, 7) is 4.03. The van der Waals surface area contributed by atoms with Gasteiger partial charge in [-0.05, 0) is 48.7 Å². The molecule has 28 heavy (non-hydrogen) atoms. The van der Waals surface area contributed by atoms with Gasteiger partial charge in [0.05, 0.1) is 5.92 Å². The van der Waals surface area contributed by atoms with Crippen molar-refractivity contribution in [1.82, 2.24) is 5.32 Å². The number of anilines is 2. The zero-order valence-electron chi connectivity index (χ0n) is 16.1. The Balaban J connectivity index is 0.00000280. The summed E-state index contributed by atoms with van der Waals surface area (Å²) in [5.74, 6) is -0.451. The molecule has 0 spiro atoms. The number of rotatable bonds is 7. The van der Waals surface area contributed by atoms with Gasteiger partial charge >= 0.3 is 0 Å². The predicted molar refractivity (Wildman–Crippen MR) is 118 cm³/mol.